The van der Waals surface area contributed by atoms with Gasteiger partial charge in [0.1, 0.15) is 0 Å². The lowest BCUT2D eigenvalue weighted by Gasteiger charge is -2.20. The van der Waals surface area contributed by atoms with Gasteiger partial charge >= 0.3 is 0 Å². The van der Waals surface area contributed by atoms with Crippen LogP contribution in [-0.4, -0.2) is 37.1 Å². The van der Waals surface area contributed by atoms with Crippen molar-refractivity contribution in [2.24, 2.45) is 4.99 Å². The van der Waals surface area contributed by atoms with E-state index in [0.29, 0.717) is 18.5 Å². The molecule has 1 aliphatic heterocycles. The molecule has 1 saturated heterocycles. The molecule has 2 aromatic rings. The molecule has 2 N–H and O–H groups in total. The van der Waals surface area contributed by atoms with Gasteiger partial charge < -0.3 is 15.5 Å². The van der Waals surface area contributed by atoms with Gasteiger partial charge in [-0.25, -0.2) is 4.98 Å². The summed E-state index contributed by atoms with van der Waals surface area (Å²) in [6, 6.07) is 11.0. The van der Waals surface area contributed by atoms with E-state index in [2.05, 4.69) is 75.1 Å². The molecule has 5 nitrogen and oxygen atoms in total. The minimum atomic E-state index is 0.410. The Morgan fingerprint density at radius 2 is 2.16 bits per heavy atom. The molecule has 1 atom stereocenters. The van der Waals surface area contributed by atoms with Gasteiger partial charge in [0.15, 0.2) is 5.96 Å². The normalized spacial score (nSPS) is 18.0. The predicted molar refractivity (Wildman–Crippen MR) is 107 cm³/mol. The minimum absolute atomic E-state index is 0.410. The summed E-state index contributed by atoms with van der Waals surface area (Å²) < 4.78 is 0. The number of hydrogen-bond acceptors (Lipinski definition) is 4. The first kappa shape index (κ1) is 17.7. The number of hydrogen-bond donors (Lipinski definition) is 2. The van der Waals surface area contributed by atoms with Gasteiger partial charge in [0, 0.05) is 43.2 Å². The van der Waals surface area contributed by atoms with E-state index >= 15 is 0 Å². The van der Waals surface area contributed by atoms with Gasteiger partial charge in [0.05, 0.1) is 17.2 Å². The van der Waals surface area contributed by atoms with Crippen LogP contribution in [0.4, 0.5) is 5.69 Å². The Morgan fingerprint density at radius 1 is 1.36 bits per heavy atom. The number of anilines is 1. The van der Waals surface area contributed by atoms with Crippen LogP contribution in [-0.2, 0) is 6.54 Å². The zero-order chi connectivity index (χ0) is 17.6. The number of para-hydroxylation sites is 1. The quantitative estimate of drug-likeness (QED) is 0.637. The molecule has 25 heavy (non-hydrogen) atoms. The summed E-state index contributed by atoms with van der Waals surface area (Å²) in [6.45, 7) is 7.13. The van der Waals surface area contributed by atoms with Crippen LogP contribution < -0.4 is 15.5 Å². The predicted octanol–water partition coefficient (Wildman–Crippen LogP) is 3.21. The van der Waals surface area contributed by atoms with Crippen molar-refractivity contribution in [3.8, 4) is 0 Å². The van der Waals surface area contributed by atoms with Crippen LogP contribution in [0.3, 0.4) is 0 Å². The Balaban J connectivity index is 1.49. The molecule has 0 radical (unpaired) electrons. The van der Waals surface area contributed by atoms with E-state index in [1.54, 1.807) is 11.3 Å². The third-order valence-electron chi connectivity index (χ3n) is 4.37. The van der Waals surface area contributed by atoms with Crippen molar-refractivity contribution in [2.75, 3.05) is 25.0 Å². The van der Waals surface area contributed by atoms with E-state index in [1.807, 2.05) is 7.05 Å². The smallest absolute Gasteiger partial charge is 0.191 e. The second-order valence-corrected chi connectivity index (χ2v) is 7.56. The first-order chi connectivity index (χ1) is 12.2. The van der Waals surface area contributed by atoms with Gasteiger partial charge in [-0.15, -0.1) is 11.3 Å². The van der Waals surface area contributed by atoms with Crippen LogP contribution in [0.2, 0.25) is 0 Å². The van der Waals surface area contributed by atoms with Gasteiger partial charge in [-0.1, -0.05) is 32.0 Å². The molecule has 0 bridgehead atoms. The van der Waals surface area contributed by atoms with Crippen molar-refractivity contribution in [3.63, 3.8) is 0 Å². The molecule has 1 aromatic carbocycles. The monoisotopic (exact) mass is 357 g/mol. The Kier molecular flexibility index (Phi) is 5.91. The lowest BCUT2D eigenvalue weighted by molar-refractivity contribution is 0.647. The molecular weight excluding hydrogens is 330 g/mol. The van der Waals surface area contributed by atoms with Gasteiger partial charge in [0.25, 0.3) is 0 Å². The summed E-state index contributed by atoms with van der Waals surface area (Å²) in [4.78, 5) is 11.4. The maximum Gasteiger partial charge on any atom is 0.191 e. The van der Waals surface area contributed by atoms with Crippen LogP contribution in [0.25, 0.3) is 0 Å². The molecule has 2 heterocycles. The summed E-state index contributed by atoms with van der Waals surface area (Å²) in [5, 5.41) is 10.2. The molecule has 1 aliphatic rings. The van der Waals surface area contributed by atoms with Crippen molar-refractivity contribution < 1.29 is 0 Å². The molecule has 1 aromatic heterocycles. The molecule has 134 valence electrons. The van der Waals surface area contributed by atoms with Crippen molar-refractivity contribution in [2.45, 2.75) is 38.8 Å². The average molecular weight is 358 g/mol. The number of nitrogens with one attached hydrogen (secondary N) is 2. The fraction of sp³-hybridized carbons (Fsp3) is 0.474. The lowest BCUT2D eigenvalue weighted by atomic mass is 10.2. The maximum absolute atomic E-state index is 4.66. The summed E-state index contributed by atoms with van der Waals surface area (Å²) in [6.07, 6.45) is 1.11. The Morgan fingerprint density at radius 3 is 2.84 bits per heavy atom. The number of guanidine groups is 1. The average Bonchev–Trinajstić information content (AvgIpc) is 3.29. The highest BCUT2D eigenvalue weighted by molar-refractivity contribution is 7.09. The van der Waals surface area contributed by atoms with Crippen molar-refractivity contribution >= 4 is 23.0 Å². The topological polar surface area (TPSA) is 52.6 Å². The summed E-state index contributed by atoms with van der Waals surface area (Å²) in [7, 11) is 1.82. The molecule has 6 heteroatoms. The zero-order valence-corrected chi connectivity index (χ0v) is 16.0. The molecule has 3 rings (SSSR count). The molecule has 0 saturated carbocycles. The third-order valence-corrected chi connectivity index (χ3v) is 5.57. The molecule has 1 fully saturated rings. The zero-order valence-electron chi connectivity index (χ0n) is 15.2. The number of aliphatic imine (C=N–C) groups is 1. The summed E-state index contributed by atoms with van der Waals surface area (Å²) in [5.41, 5.74) is 2.37. The van der Waals surface area contributed by atoms with Gasteiger partial charge in [-0.05, 0) is 18.6 Å². The summed E-state index contributed by atoms with van der Waals surface area (Å²) >= 11 is 1.73. The molecular formula is C19H27N5S. The molecule has 1 unspecified atom stereocenters. The SMILES string of the molecule is CN=C(NCc1csc(C(C)C)n1)NC1CCN(c2ccccc2)C1. The fourth-order valence-corrected chi connectivity index (χ4v) is 3.82. The van der Waals surface area contributed by atoms with E-state index in [1.165, 1.54) is 10.7 Å². The largest absolute Gasteiger partial charge is 0.369 e. The van der Waals surface area contributed by atoms with Crippen molar-refractivity contribution in [1.82, 2.24) is 15.6 Å². The minimum Gasteiger partial charge on any atom is -0.369 e. The van der Waals surface area contributed by atoms with Crippen molar-refractivity contribution in [1.29, 1.82) is 0 Å². The fourth-order valence-electron chi connectivity index (χ4n) is 2.98. The standard InChI is InChI=1S/C19H27N5S/c1-14(2)18-22-16(13-25-18)11-21-19(20-3)23-15-9-10-24(12-15)17-7-5-4-6-8-17/h4-8,13-15H,9-12H2,1-3H3,(H2,20,21,23). The van der Waals surface area contributed by atoms with Gasteiger partial charge in [-0.2, -0.15) is 0 Å². The van der Waals surface area contributed by atoms with Crippen LogP contribution in [0, 0.1) is 0 Å². The maximum atomic E-state index is 4.66. The third kappa shape index (κ3) is 4.72. The number of aromatic nitrogens is 1. The van der Waals surface area contributed by atoms with Crippen LogP contribution in [0.15, 0.2) is 40.7 Å². The van der Waals surface area contributed by atoms with E-state index < -0.39 is 0 Å². The molecule has 0 aliphatic carbocycles. The highest BCUT2D eigenvalue weighted by atomic mass is 32.1. The van der Waals surface area contributed by atoms with Gasteiger partial charge in [-0.3, -0.25) is 4.99 Å². The highest BCUT2D eigenvalue weighted by Gasteiger charge is 2.23. The van der Waals surface area contributed by atoms with E-state index in [9.17, 15) is 0 Å². The van der Waals surface area contributed by atoms with Gasteiger partial charge in [0.2, 0.25) is 0 Å². The van der Waals surface area contributed by atoms with E-state index in [4.69, 9.17) is 0 Å². The first-order valence-corrected chi connectivity index (χ1v) is 9.75. The lowest BCUT2D eigenvalue weighted by Crippen LogP contribution is -2.44. The number of thiazole rings is 1. The number of benzene rings is 1. The van der Waals surface area contributed by atoms with Crippen LogP contribution >= 0.6 is 11.3 Å². The Bertz CT molecular complexity index is 695. The molecule has 0 spiro atoms. The van der Waals surface area contributed by atoms with Crippen LogP contribution in [0.5, 0.6) is 0 Å². The highest BCUT2D eigenvalue weighted by Crippen LogP contribution is 2.20. The first-order valence-electron chi connectivity index (χ1n) is 8.87. The second kappa shape index (κ2) is 8.34. The van der Waals surface area contributed by atoms with Crippen molar-refractivity contribution in [3.05, 3.63) is 46.4 Å². The number of rotatable bonds is 5. The Hall–Kier alpha value is -2.08. The van der Waals surface area contributed by atoms with E-state index in [0.717, 1.165) is 31.2 Å². The van der Waals surface area contributed by atoms with E-state index in [-0.39, 0.29) is 0 Å². The molecule has 0 amide bonds. The second-order valence-electron chi connectivity index (χ2n) is 6.67. The Labute approximate surface area is 154 Å². The number of nitrogens with zero attached hydrogens (tertiary/aromatic N) is 3. The van der Waals surface area contributed by atoms with Crippen LogP contribution in [0.1, 0.15) is 36.9 Å². The summed E-state index contributed by atoms with van der Waals surface area (Å²) in [5.74, 6) is 1.33.